The van der Waals surface area contributed by atoms with Gasteiger partial charge < -0.3 is 4.52 Å². The molecule has 0 amide bonds. The molecule has 5 heteroatoms. The fraction of sp³-hybridized carbons (Fsp3) is 0.778. The Morgan fingerprint density at radius 1 is 1.36 bits per heavy atom. The first kappa shape index (κ1) is 11.1. The molecule has 0 fully saturated rings. The van der Waals surface area contributed by atoms with Gasteiger partial charge in [0, 0.05) is 18.3 Å². The van der Waals surface area contributed by atoms with Crippen LogP contribution in [-0.2, 0) is 11.8 Å². The highest BCUT2D eigenvalue weighted by molar-refractivity contribution is 4.99. The van der Waals surface area contributed by atoms with E-state index >= 15 is 0 Å². The van der Waals surface area contributed by atoms with E-state index in [2.05, 4.69) is 10.1 Å². The van der Waals surface area contributed by atoms with Crippen LogP contribution in [0.4, 0.5) is 8.78 Å². The lowest BCUT2D eigenvalue weighted by molar-refractivity contribution is 0.134. The number of aryl methyl sites for hydroxylation is 1. The molecule has 0 unspecified atom stereocenters. The summed E-state index contributed by atoms with van der Waals surface area (Å²) >= 11 is 0. The van der Waals surface area contributed by atoms with Gasteiger partial charge in [-0.15, -0.1) is 0 Å². The van der Waals surface area contributed by atoms with Crippen molar-refractivity contribution in [2.75, 3.05) is 0 Å². The minimum absolute atomic E-state index is 0.140. The maximum Gasteiger partial charge on any atom is 0.239 e. The molecule has 0 atom stereocenters. The van der Waals surface area contributed by atoms with E-state index in [-0.39, 0.29) is 24.1 Å². The van der Waals surface area contributed by atoms with Gasteiger partial charge in [-0.05, 0) is 0 Å². The lowest BCUT2D eigenvalue weighted by atomic mass is 9.96. The Labute approximate surface area is 81.5 Å². The third-order valence-electron chi connectivity index (χ3n) is 1.72. The molecule has 0 radical (unpaired) electrons. The Morgan fingerprint density at radius 2 is 2.00 bits per heavy atom. The van der Waals surface area contributed by atoms with Crippen molar-refractivity contribution in [3.63, 3.8) is 0 Å². The molecule has 1 rings (SSSR count). The van der Waals surface area contributed by atoms with Gasteiger partial charge in [-0.2, -0.15) is 4.98 Å². The Bertz CT molecular complexity index is 291. The minimum atomic E-state index is -2.32. The number of hydrogen-bond donors (Lipinski definition) is 0. The number of rotatable bonds is 3. The van der Waals surface area contributed by atoms with Crippen molar-refractivity contribution in [3.8, 4) is 0 Å². The van der Waals surface area contributed by atoms with E-state index in [0.717, 1.165) is 0 Å². The number of hydrogen-bond acceptors (Lipinski definition) is 3. The molecule has 0 saturated heterocycles. The average Bonchev–Trinajstić information content (AvgIpc) is 2.47. The summed E-state index contributed by atoms with van der Waals surface area (Å²) in [5.41, 5.74) is -0.202. The van der Waals surface area contributed by atoms with Gasteiger partial charge in [0.2, 0.25) is 12.3 Å². The predicted octanol–water partition coefficient (Wildman–Crippen LogP) is 2.56. The van der Waals surface area contributed by atoms with Gasteiger partial charge in [-0.1, -0.05) is 25.9 Å². The molecule has 0 bridgehead atoms. The SMILES string of the molecule is CC(C)(C)c1noc(CCC(F)F)n1. The number of aromatic nitrogens is 2. The van der Waals surface area contributed by atoms with Crippen LogP contribution in [0.3, 0.4) is 0 Å². The molecule has 1 heterocycles. The topological polar surface area (TPSA) is 38.9 Å². The van der Waals surface area contributed by atoms with Gasteiger partial charge in [-0.3, -0.25) is 0 Å². The van der Waals surface area contributed by atoms with E-state index in [1.165, 1.54) is 0 Å². The molecular formula is C9H14F2N2O. The molecule has 0 saturated carbocycles. The number of alkyl halides is 2. The van der Waals surface area contributed by atoms with Crippen LogP contribution in [0.25, 0.3) is 0 Å². The van der Waals surface area contributed by atoms with E-state index < -0.39 is 6.43 Å². The highest BCUT2D eigenvalue weighted by atomic mass is 19.3. The van der Waals surface area contributed by atoms with Crippen molar-refractivity contribution in [3.05, 3.63) is 11.7 Å². The smallest absolute Gasteiger partial charge is 0.239 e. The molecule has 80 valence electrons. The zero-order chi connectivity index (χ0) is 10.8. The first-order chi connectivity index (χ1) is 6.39. The third-order valence-corrected chi connectivity index (χ3v) is 1.72. The zero-order valence-corrected chi connectivity index (χ0v) is 8.55. The second kappa shape index (κ2) is 4.02. The van der Waals surface area contributed by atoms with Gasteiger partial charge in [0.1, 0.15) is 0 Å². The van der Waals surface area contributed by atoms with E-state index in [9.17, 15) is 8.78 Å². The maximum atomic E-state index is 11.9. The van der Waals surface area contributed by atoms with Crippen LogP contribution in [0.15, 0.2) is 4.52 Å². The maximum absolute atomic E-state index is 11.9. The van der Waals surface area contributed by atoms with Crippen LogP contribution in [-0.4, -0.2) is 16.6 Å². The van der Waals surface area contributed by atoms with Crippen LogP contribution < -0.4 is 0 Å². The van der Waals surface area contributed by atoms with Crippen molar-refractivity contribution >= 4 is 0 Å². The molecule has 0 aliphatic carbocycles. The molecular weight excluding hydrogens is 190 g/mol. The van der Waals surface area contributed by atoms with Gasteiger partial charge in [0.05, 0.1) is 0 Å². The second-order valence-electron chi connectivity index (χ2n) is 4.19. The molecule has 1 aromatic rings. The average molecular weight is 204 g/mol. The van der Waals surface area contributed by atoms with Crippen LogP contribution in [0.2, 0.25) is 0 Å². The van der Waals surface area contributed by atoms with E-state index in [1.807, 2.05) is 20.8 Å². The Balaban J connectivity index is 2.60. The van der Waals surface area contributed by atoms with Crippen LogP contribution in [0, 0.1) is 0 Å². The zero-order valence-electron chi connectivity index (χ0n) is 8.55. The number of nitrogens with zero attached hydrogens (tertiary/aromatic N) is 2. The second-order valence-corrected chi connectivity index (χ2v) is 4.19. The molecule has 14 heavy (non-hydrogen) atoms. The summed E-state index contributed by atoms with van der Waals surface area (Å²) in [6, 6.07) is 0. The Kier molecular flexibility index (Phi) is 3.18. The lowest BCUT2D eigenvalue weighted by Crippen LogP contribution is -2.13. The van der Waals surface area contributed by atoms with E-state index in [4.69, 9.17) is 4.52 Å². The van der Waals surface area contributed by atoms with E-state index in [1.54, 1.807) is 0 Å². The summed E-state index contributed by atoms with van der Waals surface area (Å²) in [5.74, 6) is 0.844. The number of halogens is 2. The fourth-order valence-corrected chi connectivity index (χ4v) is 0.894. The summed E-state index contributed by atoms with van der Waals surface area (Å²) < 4.78 is 28.6. The molecule has 1 aromatic heterocycles. The van der Waals surface area contributed by atoms with Crippen LogP contribution >= 0.6 is 0 Å². The molecule has 0 aliphatic rings. The molecule has 3 nitrogen and oxygen atoms in total. The Hall–Kier alpha value is -1.00. The molecule has 0 aliphatic heterocycles. The summed E-state index contributed by atoms with van der Waals surface area (Å²) in [5, 5.41) is 3.73. The van der Waals surface area contributed by atoms with Crippen molar-refractivity contribution in [1.82, 2.24) is 10.1 Å². The highest BCUT2D eigenvalue weighted by Gasteiger charge is 2.21. The van der Waals surface area contributed by atoms with Crippen molar-refractivity contribution < 1.29 is 13.3 Å². The van der Waals surface area contributed by atoms with Gasteiger partial charge >= 0.3 is 0 Å². The van der Waals surface area contributed by atoms with Crippen molar-refractivity contribution in [2.45, 2.75) is 45.5 Å². The van der Waals surface area contributed by atoms with Crippen molar-refractivity contribution in [2.24, 2.45) is 0 Å². The summed E-state index contributed by atoms with van der Waals surface area (Å²) in [6.45, 7) is 5.82. The summed E-state index contributed by atoms with van der Waals surface area (Å²) in [6.07, 6.45) is -2.41. The summed E-state index contributed by atoms with van der Waals surface area (Å²) in [4.78, 5) is 4.04. The minimum Gasteiger partial charge on any atom is -0.339 e. The monoisotopic (exact) mass is 204 g/mol. The van der Waals surface area contributed by atoms with Gasteiger partial charge in [0.15, 0.2) is 5.82 Å². The van der Waals surface area contributed by atoms with Crippen LogP contribution in [0.1, 0.15) is 38.9 Å². The largest absolute Gasteiger partial charge is 0.339 e. The van der Waals surface area contributed by atoms with Crippen LogP contribution in [0.5, 0.6) is 0 Å². The quantitative estimate of drug-likeness (QED) is 0.759. The first-order valence-corrected chi connectivity index (χ1v) is 4.51. The Morgan fingerprint density at radius 3 is 2.43 bits per heavy atom. The molecule has 0 spiro atoms. The first-order valence-electron chi connectivity index (χ1n) is 4.51. The fourth-order valence-electron chi connectivity index (χ4n) is 0.894. The highest BCUT2D eigenvalue weighted by Crippen LogP contribution is 2.19. The lowest BCUT2D eigenvalue weighted by Gasteiger charge is -2.10. The van der Waals surface area contributed by atoms with Crippen molar-refractivity contribution in [1.29, 1.82) is 0 Å². The third kappa shape index (κ3) is 3.05. The molecule has 0 aromatic carbocycles. The summed E-state index contributed by atoms with van der Waals surface area (Å²) in [7, 11) is 0. The normalized spacial score (nSPS) is 12.4. The standard InChI is InChI=1S/C9H14F2N2O/c1-9(2,3)8-12-7(14-13-8)5-4-6(10)11/h6H,4-5H2,1-3H3. The van der Waals surface area contributed by atoms with Gasteiger partial charge in [-0.25, -0.2) is 8.78 Å². The predicted molar refractivity (Wildman–Crippen MR) is 47.3 cm³/mol. The van der Waals surface area contributed by atoms with Gasteiger partial charge in [0.25, 0.3) is 0 Å². The van der Waals surface area contributed by atoms with E-state index in [0.29, 0.717) is 5.82 Å². The molecule has 0 N–H and O–H groups in total.